The van der Waals surface area contributed by atoms with Gasteiger partial charge < -0.3 is 70.7 Å². The molecule has 1 aromatic heterocycles. The van der Waals surface area contributed by atoms with Crippen molar-refractivity contribution >= 4 is 104 Å². The van der Waals surface area contributed by atoms with E-state index in [1.807, 2.05) is 36.4 Å². The van der Waals surface area contributed by atoms with Crippen LogP contribution in [-0.4, -0.2) is 117 Å². The predicted molar refractivity (Wildman–Crippen MR) is 416 cm³/mol. The second-order valence-electron chi connectivity index (χ2n) is 24.2. The lowest BCUT2D eigenvalue weighted by molar-refractivity contribution is -0.111. The Kier molecular flexibility index (Phi) is 32.6. The number of aromatic nitrogens is 2. The number of carboxylic acid groups (broad SMARTS) is 1. The van der Waals surface area contributed by atoms with Gasteiger partial charge in [0.15, 0.2) is 34.6 Å². The smallest absolute Gasteiger partial charge is 0.340 e. The van der Waals surface area contributed by atoms with Crippen LogP contribution in [0.3, 0.4) is 0 Å². The number of anilines is 6. The first-order valence-electron chi connectivity index (χ1n) is 33.6. The number of hydrogen-bond donors (Lipinski definition) is 6. The van der Waals surface area contributed by atoms with Gasteiger partial charge in [0.25, 0.3) is 11.8 Å². The molecule has 2 aliphatic rings. The van der Waals surface area contributed by atoms with Crippen molar-refractivity contribution in [2.75, 3.05) is 87.8 Å². The first kappa shape index (κ1) is 81.5. The average Bonchev–Trinajstić information content (AvgIpc) is 1.35. The van der Waals surface area contributed by atoms with Crippen LogP contribution in [0.25, 0.3) is 6.08 Å². The lowest BCUT2D eigenvalue weighted by atomic mass is 10.1. The van der Waals surface area contributed by atoms with E-state index in [9.17, 15) is 32.8 Å². The topological polar surface area (TPSA) is 281 Å². The van der Waals surface area contributed by atoms with Gasteiger partial charge in [0.2, 0.25) is 11.9 Å². The number of nitrogens with one attached hydrogen (secondary N) is 3. The van der Waals surface area contributed by atoms with E-state index in [0.717, 1.165) is 59.3 Å². The molecule has 0 bridgehead atoms. The molecule has 0 radical (unpaired) electrons. The van der Waals surface area contributed by atoms with Gasteiger partial charge in [0.05, 0.1) is 71.8 Å². The fraction of sp³-hybridized carbons (Fsp3) is 0.263. The number of rotatable bonds is 27. The van der Waals surface area contributed by atoms with Crippen LogP contribution in [0, 0.1) is 15.2 Å². The number of carbonyl (C=O) groups is 5. The molecule has 1 saturated heterocycles. The fourth-order valence-corrected chi connectivity index (χ4v) is 11.0. The third-order valence-corrected chi connectivity index (χ3v) is 17.0. The van der Waals surface area contributed by atoms with E-state index >= 15 is 0 Å². The number of piperazine rings is 1. The number of esters is 1. The Hall–Kier alpha value is -10.8. The maximum Gasteiger partial charge on any atom is 0.340 e. The van der Waals surface area contributed by atoms with Crippen molar-refractivity contribution in [3.8, 4) is 23.0 Å². The summed E-state index contributed by atoms with van der Waals surface area (Å²) in [7, 11) is 4.62. The molecule has 2 heterocycles. The third kappa shape index (κ3) is 26.4. The summed E-state index contributed by atoms with van der Waals surface area (Å²) < 4.78 is 61.1. The molecule has 7 aromatic carbocycles. The second-order valence-corrected chi connectivity index (χ2v) is 25.8. The molecule has 0 spiro atoms. The Morgan fingerprint density at radius 2 is 1.31 bits per heavy atom. The molecular formula is C80H87ClF2IN9O12. The number of carbonyl (C=O) groups excluding carboxylic acids is 4. The van der Waals surface area contributed by atoms with E-state index in [1.165, 1.54) is 48.1 Å². The molecule has 552 valence electrons. The van der Waals surface area contributed by atoms with E-state index in [2.05, 4.69) is 93.3 Å². The Labute approximate surface area is 629 Å². The van der Waals surface area contributed by atoms with Gasteiger partial charge in [-0.15, -0.1) is 0 Å². The number of nitrogens with two attached hydrogens (primary N) is 2. The number of nitrogens with zero attached hydrogens (tertiary/aromatic N) is 4. The fourth-order valence-electron chi connectivity index (χ4n) is 10.1. The molecular weight excluding hydrogens is 1480 g/mol. The number of benzene rings is 7. The number of methoxy groups -OCH3 is 3. The number of carboxylic acids is 1. The molecule has 25 heteroatoms. The highest BCUT2D eigenvalue weighted by Gasteiger charge is 2.27. The van der Waals surface area contributed by atoms with Crippen molar-refractivity contribution < 1.29 is 66.3 Å². The Balaban J connectivity index is 0.000000197. The molecule has 1 aliphatic carbocycles. The maximum atomic E-state index is 14.3. The molecule has 21 nitrogen and oxygen atoms in total. The molecule has 0 atom stereocenters. The predicted octanol–water partition coefficient (Wildman–Crippen LogP) is 16.3. The van der Waals surface area contributed by atoms with Gasteiger partial charge >= 0.3 is 11.9 Å². The van der Waals surface area contributed by atoms with Crippen LogP contribution in [0.5, 0.6) is 23.0 Å². The van der Waals surface area contributed by atoms with Crippen LogP contribution in [0.4, 0.5) is 43.2 Å². The first-order valence-corrected chi connectivity index (χ1v) is 35.1. The summed E-state index contributed by atoms with van der Waals surface area (Å²) in [5.74, 6) is -2.01. The summed E-state index contributed by atoms with van der Waals surface area (Å²) in [5, 5.41) is 17.2. The molecule has 10 rings (SSSR count). The van der Waals surface area contributed by atoms with Gasteiger partial charge in [-0.1, -0.05) is 101 Å². The van der Waals surface area contributed by atoms with Crippen LogP contribution in [-0.2, 0) is 20.9 Å². The summed E-state index contributed by atoms with van der Waals surface area (Å²) >= 11 is 8.21. The molecule has 105 heavy (non-hydrogen) atoms. The normalized spacial score (nSPS) is 12.5. The first-order chi connectivity index (χ1) is 50.5. The third-order valence-electron chi connectivity index (χ3n) is 16.0. The largest absolute Gasteiger partial charge is 0.493 e. The molecule has 8 aromatic rings. The summed E-state index contributed by atoms with van der Waals surface area (Å²) in [5.41, 5.74) is 19.8. The zero-order chi connectivity index (χ0) is 75.8. The van der Waals surface area contributed by atoms with E-state index in [4.69, 9.17) is 56.6 Å². The summed E-state index contributed by atoms with van der Waals surface area (Å²) in [6, 6.07) is 40.5. The summed E-state index contributed by atoms with van der Waals surface area (Å²) in [4.78, 5) is 72.9. The SMILES string of the molecule is CC(C)=CCC/C(C)=C/CC/C(C)=C/COC(=O)c1ccccc1N.COc1cc(C(=O)N2CCN(c3ncccn3)CC2)c(N)cc1OCc1ccccc1.COc1ccc(/C=C/C(=O)Nc2ccccc2C(=O)O)cc1OC.O=C(NCOC1CC1)c1ccc(F)c(F)c1Nc1ccc(I)cc1Cl. The zero-order valence-electron chi connectivity index (χ0n) is 59.6. The van der Waals surface area contributed by atoms with E-state index < -0.39 is 29.4 Å². The van der Waals surface area contributed by atoms with Crippen LogP contribution >= 0.6 is 34.2 Å². The number of allylic oxidation sites excluding steroid dienone is 5. The second kappa shape index (κ2) is 42.1. The number of hydrogen-bond acceptors (Lipinski definition) is 17. The Morgan fingerprint density at radius 3 is 1.97 bits per heavy atom. The number of halogens is 4. The minimum Gasteiger partial charge on any atom is -0.493 e. The van der Waals surface area contributed by atoms with Crippen LogP contribution in [0.15, 0.2) is 199 Å². The van der Waals surface area contributed by atoms with Crippen molar-refractivity contribution in [2.45, 2.75) is 78.9 Å². The average molecular weight is 1570 g/mol. The number of aromatic carboxylic acids is 1. The standard InChI is InChI=1S/C23H25N5O3.C22H31NO2.C18H17NO5.C17H14ClF2IN2O2/c1-30-20-14-18(19(24)15-21(20)31-16-17-6-3-2-4-7-17)22(29)27-10-12-28(13-11-27)23-25-8-5-9-26-23;1-17(2)9-7-10-18(3)11-8-12-19(4)15-16-25-22(24)20-13-5-6-14-21(20)23;1-23-15-9-7-12(11-16(15)24-2)8-10-17(20)19-14-6-4-3-5-13(14)18(21)22;18-12-7-9(21)1-6-14(12)23-16-11(4-5-13(19)15(16)20)17(24)22-8-25-10-2-3-10/h2-9,14-15H,10-13,16,24H2,1H3;5-6,9,11,13-15H,7-8,10,12,16,23H2,1-4H3;3-11H,1-2H3,(H,19,20)(H,21,22);1,4-7,10,23H,2-3,8H2,(H,22,24)/b;18-11+,19-15+;10-8+;. The number of amides is 3. The van der Waals surface area contributed by atoms with Gasteiger partial charge in [-0.25, -0.2) is 28.3 Å². The van der Waals surface area contributed by atoms with E-state index in [-0.39, 0.29) is 53.8 Å². The van der Waals surface area contributed by atoms with Crippen molar-refractivity contribution in [1.82, 2.24) is 20.2 Å². The van der Waals surface area contributed by atoms with Gasteiger partial charge in [-0.3, -0.25) is 14.4 Å². The van der Waals surface area contributed by atoms with Crippen LogP contribution < -0.4 is 51.3 Å². The minimum absolute atomic E-state index is 0.0201. The molecule has 1 saturated carbocycles. The monoisotopic (exact) mass is 1570 g/mol. The molecule has 3 amide bonds. The maximum absolute atomic E-state index is 14.3. The van der Waals surface area contributed by atoms with Gasteiger partial charge in [-0.2, -0.15) is 0 Å². The van der Waals surface area contributed by atoms with Gasteiger partial charge in [-0.05, 0) is 191 Å². The van der Waals surface area contributed by atoms with E-state index in [0.29, 0.717) is 94.9 Å². The van der Waals surface area contributed by atoms with Crippen molar-refractivity contribution in [2.24, 2.45) is 0 Å². The zero-order valence-corrected chi connectivity index (χ0v) is 62.5. The van der Waals surface area contributed by atoms with Crippen LogP contribution in [0.2, 0.25) is 5.02 Å². The molecule has 0 unspecified atom stereocenters. The lowest BCUT2D eigenvalue weighted by Gasteiger charge is -2.35. The number of para-hydroxylation sites is 2. The minimum atomic E-state index is -1.15. The number of nitrogen functional groups attached to an aromatic ring is 2. The lowest BCUT2D eigenvalue weighted by Crippen LogP contribution is -2.49. The highest BCUT2D eigenvalue weighted by molar-refractivity contribution is 14.1. The van der Waals surface area contributed by atoms with Crippen molar-refractivity contribution in [3.63, 3.8) is 0 Å². The summed E-state index contributed by atoms with van der Waals surface area (Å²) in [6.07, 6.45) is 19.2. The molecule has 1 aliphatic heterocycles. The van der Waals surface area contributed by atoms with Crippen molar-refractivity contribution in [1.29, 1.82) is 0 Å². The molecule has 8 N–H and O–H groups in total. The quantitative estimate of drug-likeness (QED) is 0.00697. The van der Waals surface area contributed by atoms with Gasteiger partial charge in [0, 0.05) is 65.7 Å². The Morgan fingerprint density at radius 1 is 0.667 bits per heavy atom. The summed E-state index contributed by atoms with van der Waals surface area (Å²) in [6.45, 7) is 11.6. The highest BCUT2D eigenvalue weighted by Crippen LogP contribution is 2.35. The Bertz CT molecular complexity index is 4380. The van der Waals surface area contributed by atoms with E-state index in [1.54, 1.807) is 129 Å². The highest BCUT2D eigenvalue weighted by atomic mass is 127. The number of ether oxygens (including phenoxy) is 6. The van der Waals surface area contributed by atoms with Crippen LogP contribution in [0.1, 0.15) is 119 Å². The van der Waals surface area contributed by atoms with Gasteiger partial charge in [0.1, 0.15) is 19.9 Å². The molecule has 2 fully saturated rings. The van der Waals surface area contributed by atoms with Crippen molar-refractivity contribution in [3.05, 3.63) is 253 Å².